The van der Waals surface area contributed by atoms with Crippen LogP contribution in [-0.4, -0.2) is 17.3 Å². The van der Waals surface area contributed by atoms with E-state index >= 15 is 0 Å². The smallest absolute Gasteiger partial charge is 0.0352 e. The maximum Gasteiger partial charge on any atom is 0.0352 e. The Morgan fingerprint density at radius 3 is 2.92 bits per heavy atom. The van der Waals surface area contributed by atoms with Crippen LogP contribution in [0.3, 0.4) is 0 Å². The van der Waals surface area contributed by atoms with E-state index in [4.69, 9.17) is 5.53 Å². The summed E-state index contributed by atoms with van der Waals surface area (Å²) < 4.78 is 0. The molecule has 0 aliphatic carbocycles. The average Bonchev–Trinajstić information content (AvgIpc) is 2.14. The van der Waals surface area contributed by atoms with Gasteiger partial charge < -0.3 is 0 Å². The van der Waals surface area contributed by atoms with Crippen molar-refractivity contribution >= 4 is 11.8 Å². The van der Waals surface area contributed by atoms with Crippen LogP contribution in [0.1, 0.15) is 0 Å². The SMILES string of the molecule is [N-]=[N+]=NCCSc1ccncc1. The second-order valence-corrected chi connectivity index (χ2v) is 3.15. The molecule has 0 saturated heterocycles. The lowest BCUT2D eigenvalue weighted by Gasteiger charge is -1.95. The Morgan fingerprint density at radius 2 is 2.25 bits per heavy atom. The summed E-state index contributed by atoms with van der Waals surface area (Å²) in [6.45, 7) is 0.531. The van der Waals surface area contributed by atoms with Gasteiger partial charge in [0, 0.05) is 34.5 Å². The largest absolute Gasteiger partial charge is 0.265 e. The lowest BCUT2D eigenvalue weighted by atomic mass is 10.5. The average molecular weight is 180 g/mol. The lowest BCUT2D eigenvalue weighted by Crippen LogP contribution is -1.82. The van der Waals surface area contributed by atoms with Gasteiger partial charge in [-0.1, -0.05) is 5.11 Å². The van der Waals surface area contributed by atoms with Gasteiger partial charge in [-0.25, -0.2) is 0 Å². The fourth-order valence-corrected chi connectivity index (χ4v) is 1.41. The van der Waals surface area contributed by atoms with Crippen molar-refractivity contribution in [2.75, 3.05) is 12.3 Å². The molecule has 0 saturated carbocycles. The molecule has 0 unspecified atom stereocenters. The predicted molar refractivity (Wildman–Crippen MR) is 49.0 cm³/mol. The zero-order valence-corrected chi connectivity index (χ0v) is 7.24. The monoisotopic (exact) mass is 180 g/mol. The van der Waals surface area contributed by atoms with E-state index in [0.717, 1.165) is 10.6 Å². The van der Waals surface area contributed by atoms with Crippen LogP contribution in [0, 0.1) is 0 Å². The van der Waals surface area contributed by atoms with Crippen molar-refractivity contribution in [2.24, 2.45) is 5.11 Å². The topological polar surface area (TPSA) is 61.7 Å². The van der Waals surface area contributed by atoms with Crippen LogP contribution in [-0.2, 0) is 0 Å². The van der Waals surface area contributed by atoms with Gasteiger partial charge in [0.2, 0.25) is 0 Å². The summed E-state index contributed by atoms with van der Waals surface area (Å²) in [5.74, 6) is 0.814. The fraction of sp³-hybridized carbons (Fsp3) is 0.286. The van der Waals surface area contributed by atoms with E-state index in [9.17, 15) is 0 Å². The minimum Gasteiger partial charge on any atom is -0.265 e. The Hall–Kier alpha value is -1.19. The number of hydrogen-bond acceptors (Lipinski definition) is 3. The highest BCUT2D eigenvalue weighted by atomic mass is 32.2. The first-order valence-corrected chi connectivity index (χ1v) is 4.46. The minimum atomic E-state index is 0.531. The van der Waals surface area contributed by atoms with Gasteiger partial charge in [-0.2, -0.15) is 0 Å². The lowest BCUT2D eigenvalue weighted by molar-refractivity contribution is 1.12. The van der Waals surface area contributed by atoms with Crippen LogP contribution in [0.4, 0.5) is 0 Å². The molecule has 0 atom stereocenters. The third-order valence-corrected chi connectivity index (χ3v) is 2.17. The molecule has 0 amide bonds. The molecule has 1 rings (SSSR count). The van der Waals surface area contributed by atoms with Crippen molar-refractivity contribution in [3.63, 3.8) is 0 Å². The van der Waals surface area contributed by atoms with Gasteiger partial charge >= 0.3 is 0 Å². The van der Waals surface area contributed by atoms with Gasteiger partial charge in [0.1, 0.15) is 0 Å². The molecule has 0 spiro atoms. The maximum absolute atomic E-state index is 8.00. The highest BCUT2D eigenvalue weighted by molar-refractivity contribution is 7.99. The molecule has 5 heteroatoms. The third kappa shape index (κ3) is 3.27. The molecule has 0 aliphatic heterocycles. The zero-order chi connectivity index (χ0) is 8.65. The van der Waals surface area contributed by atoms with E-state index in [0.29, 0.717) is 6.54 Å². The van der Waals surface area contributed by atoms with E-state index in [1.54, 1.807) is 24.2 Å². The molecule has 1 aromatic heterocycles. The summed E-state index contributed by atoms with van der Waals surface area (Å²) in [5, 5.41) is 3.43. The van der Waals surface area contributed by atoms with Gasteiger partial charge in [0.25, 0.3) is 0 Å². The first kappa shape index (κ1) is 8.90. The van der Waals surface area contributed by atoms with Crippen molar-refractivity contribution in [3.05, 3.63) is 35.0 Å². The van der Waals surface area contributed by atoms with Crippen LogP contribution in [0.2, 0.25) is 0 Å². The Morgan fingerprint density at radius 1 is 1.50 bits per heavy atom. The quantitative estimate of drug-likeness (QED) is 0.235. The van der Waals surface area contributed by atoms with E-state index in [1.165, 1.54) is 0 Å². The molecule has 0 bridgehead atoms. The van der Waals surface area contributed by atoms with E-state index in [2.05, 4.69) is 15.0 Å². The summed E-state index contributed by atoms with van der Waals surface area (Å²) in [7, 11) is 0. The van der Waals surface area contributed by atoms with Crippen LogP contribution in [0.15, 0.2) is 34.5 Å². The zero-order valence-electron chi connectivity index (χ0n) is 6.42. The number of thioether (sulfide) groups is 1. The summed E-state index contributed by atoms with van der Waals surface area (Å²) in [6, 6.07) is 3.86. The van der Waals surface area contributed by atoms with Gasteiger partial charge in [0.05, 0.1) is 0 Å². The number of aromatic nitrogens is 1. The second kappa shape index (κ2) is 5.46. The summed E-state index contributed by atoms with van der Waals surface area (Å²) in [6.07, 6.45) is 3.49. The highest BCUT2D eigenvalue weighted by Crippen LogP contribution is 2.15. The molecule has 1 aromatic rings. The van der Waals surface area contributed by atoms with Crippen LogP contribution < -0.4 is 0 Å². The van der Waals surface area contributed by atoms with Crippen molar-refractivity contribution in [1.29, 1.82) is 0 Å². The molecular weight excluding hydrogens is 172 g/mol. The Balaban J connectivity index is 2.29. The van der Waals surface area contributed by atoms with Crippen molar-refractivity contribution < 1.29 is 0 Å². The molecule has 4 nitrogen and oxygen atoms in total. The maximum atomic E-state index is 8.00. The Bertz CT molecular complexity index is 268. The number of nitrogens with zero attached hydrogens (tertiary/aromatic N) is 4. The Labute approximate surface area is 74.6 Å². The van der Waals surface area contributed by atoms with Crippen LogP contribution in [0.5, 0.6) is 0 Å². The highest BCUT2D eigenvalue weighted by Gasteiger charge is 1.89. The third-order valence-electron chi connectivity index (χ3n) is 1.17. The van der Waals surface area contributed by atoms with Gasteiger partial charge in [-0.05, 0) is 17.7 Å². The van der Waals surface area contributed by atoms with Gasteiger partial charge in [-0.3, -0.25) is 4.98 Å². The van der Waals surface area contributed by atoms with Crippen molar-refractivity contribution in [2.45, 2.75) is 4.90 Å². The minimum absolute atomic E-state index is 0.531. The predicted octanol–water partition coefficient (Wildman–Crippen LogP) is 2.48. The van der Waals surface area contributed by atoms with Crippen molar-refractivity contribution in [3.8, 4) is 0 Å². The molecule has 0 N–H and O–H groups in total. The summed E-state index contributed by atoms with van der Waals surface area (Å²) in [4.78, 5) is 7.71. The second-order valence-electron chi connectivity index (χ2n) is 1.99. The molecule has 0 radical (unpaired) electrons. The number of pyridine rings is 1. The number of hydrogen-bond donors (Lipinski definition) is 0. The number of azide groups is 1. The van der Waals surface area contributed by atoms with Crippen LogP contribution >= 0.6 is 11.8 Å². The van der Waals surface area contributed by atoms with Gasteiger partial charge in [0.15, 0.2) is 0 Å². The molecule has 0 fully saturated rings. The normalized spacial score (nSPS) is 9.00. The number of rotatable bonds is 4. The summed E-state index contributed by atoms with van der Waals surface area (Å²) in [5.41, 5.74) is 8.00. The molecule has 12 heavy (non-hydrogen) atoms. The molecule has 62 valence electrons. The Kier molecular flexibility index (Phi) is 4.05. The van der Waals surface area contributed by atoms with E-state index in [1.807, 2.05) is 12.1 Å². The van der Waals surface area contributed by atoms with Crippen molar-refractivity contribution in [1.82, 2.24) is 4.98 Å². The van der Waals surface area contributed by atoms with Gasteiger partial charge in [-0.15, -0.1) is 11.8 Å². The first-order valence-electron chi connectivity index (χ1n) is 3.47. The first-order chi connectivity index (χ1) is 5.93. The molecular formula is C7H8N4S. The molecule has 0 aromatic carbocycles. The molecule has 0 aliphatic rings. The fourth-order valence-electron chi connectivity index (χ4n) is 0.684. The standard InChI is InChI=1S/C7H8N4S/c8-11-10-5-6-12-7-1-3-9-4-2-7/h1-4H,5-6H2. The molecule has 1 heterocycles. The summed E-state index contributed by atoms with van der Waals surface area (Å²) >= 11 is 1.66. The van der Waals surface area contributed by atoms with Crippen LogP contribution in [0.25, 0.3) is 10.4 Å². The van der Waals surface area contributed by atoms with E-state index in [-0.39, 0.29) is 0 Å². The van der Waals surface area contributed by atoms with E-state index < -0.39 is 0 Å².